The summed E-state index contributed by atoms with van der Waals surface area (Å²) in [6, 6.07) is 9.60. The van der Waals surface area contributed by atoms with Gasteiger partial charge in [-0.3, -0.25) is 0 Å². The maximum Gasteiger partial charge on any atom is 0.373 e. The summed E-state index contributed by atoms with van der Waals surface area (Å²) < 4.78 is 10.4. The van der Waals surface area contributed by atoms with Gasteiger partial charge in [0.05, 0.1) is 13.7 Å². The Morgan fingerprint density at radius 1 is 1.04 bits per heavy atom. The van der Waals surface area contributed by atoms with E-state index in [0.29, 0.717) is 6.61 Å². The Morgan fingerprint density at radius 2 is 1.62 bits per heavy atom. The topological polar surface area (TPSA) is 93.1 Å². The minimum Gasteiger partial charge on any atom is -0.490 e. The zero-order chi connectivity index (χ0) is 19.6. The van der Waals surface area contributed by atoms with Gasteiger partial charge >= 0.3 is 11.9 Å². The number of unbranched alkanes of at least 4 members (excludes halogenated alkanes) is 5. The molecular weight excluding hydrogens is 336 g/mol. The lowest BCUT2D eigenvalue weighted by Crippen LogP contribution is -2.10. The van der Waals surface area contributed by atoms with Gasteiger partial charge in [0.2, 0.25) is 5.76 Å². The summed E-state index contributed by atoms with van der Waals surface area (Å²) in [5, 5.41) is 15.0. The number of hydrogen-bond acceptors (Lipinski definition) is 5. The number of aliphatic hydroxyl groups is 1. The van der Waals surface area contributed by atoms with Gasteiger partial charge in [-0.2, -0.15) is 0 Å². The third-order valence-electron chi connectivity index (χ3n) is 3.38. The Labute approximate surface area is 155 Å². The van der Waals surface area contributed by atoms with E-state index in [4.69, 9.17) is 24.5 Å². The highest BCUT2D eigenvalue weighted by molar-refractivity contribution is 5.91. The highest BCUT2D eigenvalue weighted by Crippen LogP contribution is 2.10. The van der Waals surface area contributed by atoms with Crippen LogP contribution in [0.5, 0.6) is 0 Å². The van der Waals surface area contributed by atoms with Gasteiger partial charge in [0.1, 0.15) is 6.61 Å². The van der Waals surface area contributed by atoms with E-state index in [0.717, 1.165) is 18.4 Å². The van der Waals surface area contributed by atoms with E-state index in [2.05, 4.69) is 6.92 Å². The first-order chi connectivity index (χ1) is 12.5. The minimum atomic E-state index is -1.19. The maximum absolute atomic E-state index is 11.9. The van der Waals surface area contributed by atoms with E-state index < -0.39 is 18.5 Å². The third-order valence-corrected chi connectivity index (χ3v) is 3.38. The fraction of sp³-hybridized carbons (Fsp3) is 0.500. The Balaban J connectivity index is 0.00000110. The maximum atomic E-state index is 11.9. The zero-order valence-corrected chi connectivity index (χ0v) is 15.6. The summed E-state index contributed by atoms with van der Waals surface area (Å²) in [7, 11) is 1.49. The number of hydrogen-bond donors (Lipinski definition) is 2. The molecule has 0 aliphatic carbocycles. The molecule has 0 fully saturated rings. The van der Waals surface area contributed by atoms with E-state index in [1.54, 1.807) is 6.08 Å². The third kappa shape index (κ3) is 13.0. The van der Waals surface area contributed by atoms with Crippen LogP contribution in [-0.2, 0) is 19.1 Å². The van der Waals surface area contributed by atoms with E-state index in [9.17, 15) is 4.79 Å². The molecule has 0 spiro atoms. The van der Waals surface area contributed by atoms with Crippen molar-refractivity contribution < 1.29 is 29.3 Å². The molecule has 1 aromatic carbocycles. The van der Waals surface area contributed by atoms with Crippen LogP contribution in [0, 0.1) is 0 Å². The van der Waals surface area contributed by atoms with Crippen LogP contribution < -0.4 is 0 Å². The largest absolute Gasteiger partial charge is 0.490 e. The second-order valence-electron chi connectivity index (χ2n) is 5.58. The molecule has 2 N–H and O–H groups in total. The molecule has 0 amide bonds. The number of carbonyl (C=O) groups is 2. The summed E-state index contributed by atoms with van der Waals surface area (Å²) in [4.78, 5) is 21.0. The number of carbonyl (C=O) groups excluding carboxylic acids is 1. The molecule has 0 aliphatic heterocycles. The van der Waals surface area contributed by atoms with Gasteiger partial charge < -0.3 is 19.7 Å². The van der Waals surface area contributed by atoms with Crippen molar-refractivity contribution in [2.45, 2.75) is 45.4 Å². The first kappa shape index (κ1) is 23.7. The average molecular weight is 366 g/mol. The lowest BCUT2D eigenvalue weighted by atomic mass is 10.1. The Hall–Kier alpha value is -2.34. The molecule has 0 radical (unpaired) electrons. The number of aliphatic carboxylic acids is 1. The van der Waals surface area contributed by atoms with Gasteiger partial charge in [0.25, 0.3) is 0 Å². The van der Waals surface area contributed by atoms with Gasteiger partial charge in [0, 0.05) is 0 Å². The van der Waals surface area contributed by atoms with Crippen LogP contribution in [0.25, 0.3) is 6.08 Å². The van der Waals surface area contributed by atoms with Gasteiger partial charge in [-0.05, 0) is 18.1 Å². The van der Waals surface area contributed by atoms with Crippen molar-refractivity contribution in [2.24, 2.45) is 0 Å². The molecule has 0 atom stereocenters. The van der Waals surface area contributed by atoms with Crippen molar-refractivity contribution in [2.75, 3.05) is 20.3 Å². The highest BCUT2D eigenvalue weighted by atomic mass is 16.6. The predicted molar refractivity (Wildman–Crippen MR) is 100 cm³/mol. The van der Waals surface area contributed by atoms with Crippen LogP contribution >= 0.6 is 0 Å². The fourth-order valence-electron chi connectivity index (χ4n) is 2.02. The van der Waals surface area contributed by atoms with Crippen molar-refractivity contribution in [3.8, 4) is 0 Å². The highest BCUT2D eigenvalue weighted by Gasteiger charge is 2.11. The SMILES string of the molecule is CCCCCCCCOC(=O)C(=Cc1ccccc1)OC.O=C(O)CO. The number of methoxy groups -OCH3 is 1. The number of esters is 1. The van der Waals surface area contributed by atoms with Crippen LogP contribution in [0.3, 0.4) is 0 Å². The second kappa shape index (κ2) is 16.1. The van der Waals surface area contributed by atoms with E-state index in [-0.39, 0.29) is 5.76 Å². The van der Waals surface area contributed by atoms with Crippen LogP contribution in [0.1, 0.15) is 51.0 Å². The molecule has 6 nitrogen and oxygen atoms in total. The van der Waals surface area contributed by atoms with Gasteiger partial charge in [-0.1, -0.05) is 69.4 Å². The number of ether oxygens (including phenoxy) is 2. The van der Waals surface area contributed by atoms with Gasteiger partial charge in [0.15, 0.2) is 0 Å². The number of carboxylic acids is 1. The molecule has 0 aromatic heterocycles. The molecule has 0 aliphatic rings. The Bertz CT molecular complexity index is 524. The van der Waals surface area contributed by atoms with E-state index >= 15 is 0 Å². The summed E-state index contributed by atoms with van der Waals surface area (Å²) in [6.45, 7) is 1.88. The molecule has 146 valence electrons. The first-order valence-corrected chi connectivity index (χ1v) is 8.85. The summed E-state index contributed by atoms with van der Waals surface area (Å²) in [6.07, 6.45) is 8.73. The van der Waals surface area contributed by atoms with Crippen LogP contribution in [0.4, 0.5) is 0 Å². The van der Waals surface area contributed by atoms with Crippen molar-refractivity contribution in [1.29, 1.82) is 0 Å². The Kier molecular flexibility index (Phi) is 14.7. The van der Waals surface area contributed by atoms with Crippen LogP contribution in [-0.4, -0.2) is 42.5 Å². The second-order valence-corrected chi connectivity index (χ2v) is 5.58. The van der Waals surface area contributed by atoms with Crippen molar-refractivity contribution in [1.82, 2.24) is 0 Å². The molecule has 1 rings (SSSR count). The molecule has 0 saturated heterocycles. The van der Waals surface area contributed by atoms with Gasteiger partial charge in [-0.25, -0.2) is 9.59 Å². The molecule has 0 unspecified atom stereocenters. The average Bonchev–Trinajstić information content (AvgIpc) is 2.66. The summed E-state index contributed by atoms with van der Waals surface area (Å²) >= 11 is 0. The van der Waals surface area contributed by atoms with E-state index in [1.165, 1.54) is 32.8 Å². The number of benzene rings is 1. The molecule has 26 heavy (non-hydrogen) atoms. The quantitative estimate of drug-likeness (QED) is 0.269. The number of rotatable bonds is 11. The molecule has 0 heterocycles. The van der Waals surface area contributed by atoms with Crippen LogP contribution in [0.15, 0.2) is 36.1 Å². The smallest absolute Gasteiger partial charge is 0.373 e. The molecule has 6 heteroatoms. The molecule has 1 aromatic rings. The van der Waals surface area contributed by atoms with Crippen molar-refractivity contribution in [3.05, 3.63) is 41.7 Å². The first-order valence-electron chi connectivity index (χ1n) is 8.85. The van der Waals surface area contributed by atoms with Crippen LogP contribution in [0.2, 0.25) is 0 Å². The lowest BCUT2D eigenvalue weighted by molar-refractivity contribution is -0.142. The van der Waals surface area contributed by atoms with Gasteiger partial charge in [-0.15, -0.1) is 0 Å². The van der Waals surface area contributed by atoms with E-state index in [1.807, 2.05) is 30.3 Å². The molecule has 0 saturated carbocycles. The molecule has 0 bridgehead atoms. The Morgan fingerprint density at radius 3 is 2.15 bits per heavy atom. The fourth-order valence-corrected chi connectivity index (χ4v) is 2.02. The number of carboxylic acid groups (broad SMARTS) is 1. The van der Waals surface area contributed by atoms with Crippen molar-refractivity contribution in [3.63, 3.8) is 0 Å². The predicted octanol–water partition coefficient (Wildman–Crippen LogP) is 3.64. The summed E-state index contributed by atoms with van der Waals surface area (Å²) in [5.41, 5.74) is 0.922. The number of aliphatic hydroxyl groups excluding tert-OH is 1. The minimum absolute atomic E-state index is 0.243. The molecular formula is C20H30O6. The standard InChI is InChI=1S/C18H26O3.C2H4O3/c1-3-4-5-6-7-11-14-21-18(19)17(20-2)15-16-12-9-8-10-13-16;3-1-2(4)5/h8-10,12-13,15H,3-7,11,14H2,1-2H3;3H,1H2,(H,4,5). The zero-order valence-electron chi connectivity index (χ0n) is 15.6. The summed E-state index contributed by atoms with van der Waals surface area (Å²) in [5.74, 6) is -1.34. The normalized spacial score (nSPS) is 10.5. The van der Waals surface area contributed by atoms with Crippen molar-refractivity contribution >= 4 is 18.0 Å². The monoisotopic (exact) mass is 366 g/mol. The lowest BCUT2D eigenvalue weighted by Gasteiger charge is -2.07.